The fourth-order valence-electron chi connectivity index (χ4n) is 2.45. The molecule has 1 aliphatic heterocycles. The van der Waals surface area contributed by atoms with E-state index in [9.17, 15) is 14.9 Å². The van der Waals surface area contributed by atoms with E-state index in [0.717, 1.165) is 0 Å². The minimum absolute atomic E-state index is 0.0275. The van der Waals surface area contributed by atoms with Crippen molar-refractivity contribution in [3.63, 3.8) is 0 Å². The topological polar surface area (TPSA) is 75.8 Å². The molecule has 0 fully saturated rings. The van der Waals surface area contributed by atoms with Crippen LogP contribution in [0.1, 0.15) is 12.5 Å². The fraction of sp³-hybridized carbons (Fsp3) is 0.0526. The van der Waals surface area contributed by atoms with Gasteiger partial charge in [0.1, 0.15) is 0 Å². The van der Waals surface area contributed by atoms with E-state index in [1.165, 1.54) is 17.1 Å². The van der Waals surface area contributed by atoms with Crippen LogP contribution >= 0.6 is 0 Å². The number of anilines is 1. The van der Waals surface area contributed by atoms with Gasteiger partial charge < -0.3 is 0 Å². The third-order valence-corrected chi connectivity index (χ3v) is 3.70. The van der Waals surface area contributed by atoms with Crippen LogP contribution in [0, 0.1) is 10.1 Å². The van der Waals surface area contributed by atoms with Crippen LogP contribution in [-0.2, 0) is 4.79 Å². The van der Waals surface area contributed by atoms with E-state index >= 15 is 0 Å². The van der Waals surface area contributed by atoms with Crippen LogP contribution in [0.15, 0.2) is 77.4 Å². The largest absolute Gasteiger partial charge is 0.280 e. The average molecular weight is 333 g/mol. The summed E-state index contributed by atoms with van der Waals surface area (Å²) in [6.07, 6.45) is 5.08. The van der Waals surface area contributed by atoms with E-state index in [4.69, 9.17) is 0 Å². The zero-order valence-electron chi connectivity index (χ0n) is 13.5. The number of carbonyl (C=O) groups excluding carboxylic acids is 1. The number of hydrazone groups is 1. The van der Waals surface area contributed by atoms with Crippen LogP contribution in [0.25, 0.3) is 6.08 Å². The molecule has 6 nitrogen and oxygen atoms in total. The molecule has 2 aromatic rings. The number of hydrogen-bond donors (Lipinski definition) is 0. The third kappa shape index (κ3) is 3.53. The van der Waals surface area contributed by atoms with Crippen LogP contribution in [0.4, 0.5) is 11.4 Å². The molecule has 1 amide bonds. The van der Waals surface area contributed by atoms with Crippen molar-refractivity contribution in [1.82, 2.24) is 0 Å². The Morgan fingerprint density at radius 1 is 1.12 bits per heavy atom. The summed E-state index contributed by atoms with van der Waals surface area (Å²) in [7, 11) is 0. The molecule has 2 aromatic carbocycles. The van der Waals surface area contributed by atoms with Crippen molar-refractivity contribution < 1.29 is 9.72 Å². The van der Waals surface area contributed by atoms with Gasteiger partial charge in [0, 0.05) is 12.1 Å². The highest BCUT2D eigenvalue weighted by Crippen LogP contribution is 2.23. The van der Waals surface area contributed by atoms with Gasteiger partial charge in [0.15, 0.2) is 0 Å². The number of amides is 1. The number of hydrogen-bond acceptors (Lipinski definition) is 4. The van der Waals surface area contributed by atoms with Crippen molar-refractivity contribution in [2.24, 2.45) is 5.10 Å². The van der Waals surface area contributed by atoms with Crippen molar-refractivity contribution in [3.8, 4) is 0 Å². The highest BCUT2D eigenvalue weighted by molar-refractivity contribution is 6.29. The second-order valence-electron chi connectivity index (χ2n) is 5.43. The number of nitrogens with zero attached hydrogens (tertiary/aromatic N) is 3. The number of carbonyl (C=O) groups is 1. The molecule has 0 unspecified atom stereocenters. The summed E-state index contributed by atoms with van der Waals surface area (Å²) < 4.78 is 0. The van der Waals surface area contributed by atoms with Crippen LogP contribution < -0.4 is 5.01 Å². The molecule has 0 aliphatic carbocycles. The Balaban J connectivity index is 1.80. The lowest BCUT2D eigenvalue weighted by Gasteiger charge is -2.10. The number of nitro groups is 1. The maximum atomic E-state index is 12.5. The second-order valence-corrected chi connectivity index (χ2v) is 5.43. The van der Waals surface area contributed by atoms with E-state index in [-0.39, 0.29) is 11.6 Å². The maximum Gasteiger partial charge on any atom is 0.280 e. The molecular weight excluding hydrogens is 318 g/mol. The molecule has 1 heterocycles. The van der Waals surface area contributed by atoms with Crippen LogP contribution in [0.3, 0.4) is 0 Å². The van der Waals surface area contributed by atoms with Gasteiger partial charge in [-0.25, -0.2) is 0 Å². The number of nitro benzene ring substituents is 1. The average Bonchev–Trinajstić information content (AvgIpc) is 2.91. The zero-order valence-corrected chi connectivity index (χ0v) is 13.5. The van der Waals surface area contributed by atoms with E-state index in [1.807, 2.05) is 30.3 Å². The number of benzene rings is 2. The lowest BCUT2D eigenvalue weighted by atomic mass is 10.1. The molecule has 0 N–H and O–H groups in total. The van der Waals surface area contributed by atoms with E-state index in [2.05, 4.69) is 5.10 Å². The van der Waals surface area contributed by atoms with Gasteiger partial charge in [0.05, 0.1) is 21.9 Å². The molecule has 25 heavy (non-hydrogen) atoms. The minimum atomic E-state index is -0.440. The number of para-hydroxylation sites is 1. The Morgan fingerprint density at radius 3 is 2.60 bits per heavy atom. The summed E-state index contributed by atoms with van der Waals surface area (Å²) >= 11 is 0. The van der Waals surface area contributed by atoms with Crippen molar-refractivity contribution in [3.05, 3.63) is 88.0 Å². The number of rotatable bonds is 4. The van der Waals surface area contributed by atoms with Crippen molar-refractivity contribution in [2.75, 3.05) is 5.01 Å². The van der Waals surface area contributed by atoms with Crippen molar-refractivity contribution in [1.29, 1.82) is 0 Å². The fourth-order valence-corrected chi connectivity index (χ4v) is 2.45. The summed E-state index contributed by atoms with van der Waals surface area (Å²) in [6.45, 7) is 1.77. The molecule has 0 radical (unpaired) electrons. The SMILES string of the molecule is CC1=NN(c2ccccc2)C(=O)C1=CC=Cc1cccc([N+](=O)[O-])c1. The summed E-state index contributed by atoms with van der Waals surface area (Å²) in [5.41, 5.74) is 2.53. The van der Waals surface area contributed by atoms with Crippen molar-refractivity contribution in [2.45, 2.75) is 6.92 Å². The molecule has 0 atom stereocenters. The van der Waals surface area contributed by atoms with E-state index in [1.54, 1.807) is 37.3 Å². The molecule has 0 bridgehead atoms. The maximum absolute atomic E-state index is 12.5. The number of non-ortho nitro benzene ring substituents is 1. The third-order valence-electron chi connectivity index (χ3n) is 3.70. The van der Waals surface area contributed by atoms with Gasteiger partial charge in [-0.15, -0.1) is 0 Å². The Bertz CT molecular complexity index is 915. The summed E-state index contributed by atoms with van der Waals surface area (Å²) in [6, 6.07) is 15.5. The molecule has 6 heteroatoms. The lowest BCUT2D eigenvalue weighted by molar-refractivity contribution is -0.384. The van der Waals surface area contributed by atoms with Crippen LogP contribution in [-0.4, -0.2) is 16.5 Å². The molecule has 0 saturated heterocycles. The Morgan fingerprint density at radius 2 is 1.88 bits per heavy atom. The van der Waals surface area contributed by atoms with Crippen molar-refractivity contribution >= 4 is 29.1 Å². The molecule has 0 aromatic heterocycles. The first-order valence-electron chi connectivity index (χ1n) is 7.64. The van der Waals surface area contributed by atoms with Gasteiger partial charge in [-0.05, 0) is 30.7 Å². The Hall–Kier alpha value is -3.54. The number of allylic oxidation sites excluding steroid dienone is 2. The molecule has 124 valence electrons. The van der Waals surface area contributed by atoms with Gasteiger partial charge in [-0.2, -0.15) is 10.1 Å². The molecule has 0 saturated carbocycles. The highest BCUT2D eigenvalue weighted by atomic mass is 16.6. The summed E-state index contributed by atoms with van der Waals surface area (Å²) in [5.74, 6) is -0.201. The normalized spacial score (nSPS) is 15.9. The quantitative estimate of drug-likeness (QED) is 0.483. The summed E-state index contributed by atoms with van der Waals surface area (Å²) in [5, 5.41) is 16.5. The molecule has 1 aliphatic rings. The van der Waals surface area contributed by atoms with E-state index < -0.39 is 4.92 Å². The first-order valence-corrected chi connectivity index (χ1v) is 7.64. The minimum Gasteiger partial charge on any atom is -0.267 e. The van der Waals surface area contributed by atoms with Gasteiger partial charge >= 0.3 is 0 Å². The van der Waals surface area contributed by atoms with Gasteiger partial charge in [0.2, 0.25) is 0 Å². The Kier molecular flexibility index (Phi) is 4.52. The van der Waals surface area contributed by atoms with E-state index in [0.29, 0.717) is 22.5 Å². The van der Waals surface area contributed by atoms with Gasteiger partial charge in [0.25, 0.3) is 11.6 Å². The van der Waals surface area contributed by atoms with Gasteiger partial charge in [-0.1, -0.05) is 42.5 Å². The predicted octanol–water partition coefficient (Wildman–Crippen LogP) is 3.96. The second kappa shape index (κ2) is 6.92. The lowest BCUT2D eigenvalue weighted by Crippen LogP contribution is -2.21. The zero-order chi connectivity index (χ0) is 17.8. The predicted molar refractivity (Wildman–Crippen MR) is 97.3 cm³/mol. The first kappa shape index (κ1) is 16.3. The highest BCUT2D eigenvalue weighted by Gasteiger charge is 2.27. The molecular formula is C19H15N3O3. The van der Waals surface area contributed by atoms with Crippen LogP contribution in [0.2, 0.25) is 0 Å². The van der Waals surface area contributed by atoms with Gasteiger partial charge in [-0.3, -0.25) is 14.9 Å². The smallest absolute Gasteiger partial charge is 0.267 e. The standard InChI is InChI=1S/C19H15N3O3/c1-14-18(19(23)21(20-14)16-9-3-2-4-10-16)12-6-8-15-7-5-11-17(13-15)22(24)25/h2-13H,1H3. The first-order chi connectivity index (χ1) is 12.1. The monoisotopic (exact) mass is 333 g/mol. The Labute approximate surface area is 144 Å². The summed E-state index contributed by atoms with van der Waals surface area (Å²) in [4.78, 5) is 22.9. The molecule has 0 spiro atoms. The molecule has 3 rings (SSSR count). The van der Waals surface area contributed by atoms with Crippen LogP contribution in [0.5, 0.6) is 0 Å².